The lowest BCUT2D eigenvalue weighted by atomic mass is 9.94. The van der Waals surface area contributed by atoms with Gasteiger partial charge in [0.25, 0.3) is 0 Å². The number of H-pyrrole nitrogens is 1. The van der Waals surface area contributed by atoms with Crippen LogP contribution in [0, 0.1) is 12.3 Å². The summed E-state index contributed by atoms with van der Waals surface area (Å²) in [6.07, 6.45) is 7.05. The summed E-state index contributed by atoms with van der Waals surface area (Å²) in [6, 6.07) is 8.17. The van der Waals surface area contributed by atoms with Crippen molar-refractivity contribution < 1.29 is 4.79 Å². The zero-order valence-corrected chi connectivity index (χ0v) is 17.7. The predicted molar refractivity (Wildman–Crippen MR) is 116 cm³/mol. The first kappa shape index (κ1) is 19.7. The van der Waals surface area contributed by atoms with Gasteiger partial charge in [0, 0.05) is 0 Å². The maximum absolute atomic E-state index is 12.4. The van der Waals surface area contributed by atoms with Gasteiger partial charge in [-0.15, -0.1) is 29.1 Å². The number of aromatic amines is 1. The smallest absolute Gasteiger partial charge is 0.231 e. The van der Waals surface area contributed by atoms with Crippen LogP contribution < -0.4 is 5.32 Å². The molecule has 27 heavy (non-hydrogen) atoms. The normalized spacial score (nSPS) is 11.3. The first-order chi connectivity index (χ1) is 13.1. The van der Waals surface area contributed by atoms with Crippen molar-refractivity contribution in [2.45, 2.75) is 37.4 Å². The van der Waals surface area contributed by atoms with Gasteiger partial charge in [-0.25, -0.2) is 4.98 Å². The second-order valence-electron chi connectivity index (χ2n) is 5.99. The molecule has 3 rings (SSSR count). The summed E-state index contributed by atoms with van der Waals surface area (Å²) >= 11 is 4.71. The van der Waals surface area contributed by atoms with Gasteiger partial charge in [0.1, 0.15) is 11.2 Å². The Bertz CT molecular complexity index is 865. The van der Waals surface area contributed by atoms with E-state index in [1.165, 1.54) is 11.8 Å². The molecule has 0 atom stereocenters. The summed E-state index contributed by atoms with van der Waals surface area (Å²) in [7, 11) is 0. The fourth-order valence-electron chi connectivity index (χ4n) is 2.71. The lowest BCUT2D eigenvalue weighted by molar-refractivity contribution is -0.119. The van der Waals surface area contributed by atoms with Crippen molar-refractivity contribution in [2.24, 2.45) is 0 Å². The third kappa shape index (κ3) is 4.46. The molecule has 0 aliphatic rings. The van der Waals surface area contributed by atoms with Crippen LogP contribution in [0.15, 0.2) is 40.2 Å². The van der Waals surface area contributed by atoms with E-state index in [-0.39, 0.29) is 11.7 Å². The van der Waals surface area contributed by atoms with Crippen LogP contribution in [-0.4, -0.2) is 27.2 Å². The predicted octanol–water partition coefficient (Wildman–Crippen LogP) is 5.27. The van der Waals surface area contributed by atoms with Gasteiger partial charge in [0.2, 0.25) is 5.91 Å². The molecule has 0 unspecified atom stereocenters. The molecule has 0 aliphatic carbocycles. The molecule has 0 saturated heterocycles. The Labute approximate surface area is 171 Å². The molecule has 1 amide bonds. The number of thioether (sulfide) groups is 1. The van der Waals surface area contributed by atoms with Crippen molar-refractivity contribution in [3.63, 3.8) is 0 Å². The van der Waals surface area contributed by atoms with Gasteiger partial charge in [-0.05, 0) is 35.7 Å². The average Bonchev–Trinajstić information content (AvgIpc) is 3.44. The van der Waals surface area contributed by atoms with Crippen LogP contribution in [0.4, 0.5) is 0 Å². The standard InChI is InChI=1S/C20H21N3OS3/c1-4-20(5-2,6-3)23-16(24)13-27-19-21-17(14-9-7-11-25-14)18(22-19)15-10-8-12-26-15/h1,7-12H,5-6,13H2,2-3H3,(H,21,22)(H,23,24). The van der Waals surface area contributed by atoms with E-state index in [0.717, 1.165) is 26.3 Å². The molecule has 0 radical (unpaired) electrons. The number of hydrogen-bond acceptors (Lipinski definition) is 5. The highest BCUT2D eigenvalue weighted by Crippen LogP contribution is 2.36. The third-order valence-electron chi connectivity index (χ3n) is 4.41. The van der Waals surface area contributed by atoms with Crippen LogP contribution in [0.1, 0.15) is 26.7 Å². The van der Waals surface area contributed by atoms with Crippen molar-refractivity contribution in [1.82, 2.24) is 15.3 Å². The highest BCUT2D eigenvalue weighted by atomic mass is 32.2. The molecule has 2 N–H and O–H groups in total. The summed E-state index contributed by atoms with van der Waals surface area (Å²) in [6.45, 7) is 3.98. The molecule has 0 bridgehead atoms. The number of hydrogen-bond donors (Lipinski definition) is 2. The Balaban J connectivity index is 1.76. The van der Waals surface area contributed by atoms with E-state index in [4.69, 9.17) is 11.4 Å². The number of amides is 1. The Morgan fingerprint density at radius 3 is 2.48 bits per heavy atom. The van der Waals surface area contributed by atoms with E-state index in [0.29, 0.717) is 12.8 Å². The molecule has 4 nitrogen and oxygen atoms in total. The van der Waals surface area contributed by atoms with Crippen molar-refractivity contribution in [2.75, 3.05) is 5.75 Å². The lowest BCUT2D eigenvalue weighted by Gasteiger charge is -2.26. The molecular weight excluding hydrogens is 394 g/mol. The number of imidazole rings is 1. The van der Waals surface area contributed by atoms with Crippen LogP contribution in [0.25, 0.3) is 21.1 Å². The quantitative estimate of drug-likeness (QED) is 0.389. The van der Waals surface area contributed by atoms with Crippen LogP contribution in [0.5, 0.6) is 0 Å². The van der Waals surface area contributed by atoms with E-state index < -0.39 is 5.54 Å². The van der Waals surface area contributed by atoms with Gasteiger partial charge >= 0.3 is 0 Å². The summed E-state index contributed by atoms with van der Waals surface area (Å²) < 4.78 is 0. The van der Waals surface area contributed by atoms with E-state index in [9.17, 15) is 4.79 Å². The first-order valence-corrected chi connectivity index (χ1v) is 11.4. The molecule has 3 heterocycles. The maximum Gasteiger partial charge on any atom is 0.231 e. The number of terminal acetylenes is 1. The SMILES string of the molecule is C#CC(CC)(CC)NC(=O)CSc1nc(-c2cccs2)c(-c2cccs2)[nH]1. The summed E-state index contributed by atoms with van der Waals surface area (Å²) in [4.78, 5) is 22.8. The summed E-state index contributed by atoms with van der Waals surface area (Å²) in [5.41, 5.74) is 1.36. The number of carbonyl (C=O) groups excluding carboxylic acids is 1. The molecule has 3 aromatic rings. The summed E-state index contributed by atoms with van der Waals surface area (Å²) in [5, 5.41) is 7.81. The molecule has 140 valence electrons. The average molecular weight is 416 g/mol. The van der Waals surface area contributed by atoms with E-state index in [1.807, 2.05) is 36.7 Å². The first-order valence-electron chi connectivity index (χ1n) is 8.70. The minimum absolute atomic E-state index is 0.0756. The van der Waals surface area contributed by atoms with E-state index in [1.54, 1.807) is 22.7 Å². The van der Waals surface area contributed by atoms with Crippen LogP contribution >= 0.6 is 34.4 Å². The van der Waals surface area contributed by atoms with Gasteiger partial charge in [0.15, 0.2) is 5.16 Å². The largest absolute Gasteiger partial charge is 0.339 e. The Kier molecular flexibility index (Phi) is 6.42. The van der Waals surface area contributed by atoms with Crippen molar-refractivity contribution >= 4 is 40.3 Å². The zero-order valence-electron chi connectivity index (χ0n) is 15.2. The number of thiophene rings is 2. The minimum Gasteiger partial charge on any atom is -0.339 e. The number of nitrogens with one attached hydrogen (secondary N) is 2. The third-order valence-corrected chi connectivity index (χ3v) is 7.04. The molecule has 3 aromatic heterocycles. The highest BCUT2D eigenvalue weighted by molar-refractivity contribution is 7.99. The van der Waals surface area contributed by atoms with Gasteiger partial charge in [-0.3, -0.25) is 4.79 Å². The van der Waals surface area contributed by atoms with Crippen LogP contribution in [-0.2, 0) is 4.79 Å². The zero-order chi connectivity index (χ0) is 19.3. The minimum atomic E-state index is -0.564. The van der Waals surface area contributed by atoms with Crippen molar-refractivity contribution in [1.29, 1.82) is 0 Å². The van der Waals surface area contributed by atoms with Gasteiger partial charge in [-0.2, -0.15) is 0 Å². The van der Waals surface area contributed by atoms with Crippen molar-refractivity contribution in [3.8, 4) is 33.5 Å². The maximum atomic E-state index is 12.4. The second kappa shape index (κ2) is 8.79. The topological polar surface area (TPSA) is 57.8 Å². The number of nitrogens with zero attached hydrogens (tertiary/aromatic N) is 1. The number of aromatic nitrogens is 2. The summed E-state index contributed by atoms with van der Waals surface area (Å²) in [5.74, 6) is 2.93. The fourth-order valence-corrected chi connectivity index (χ4v) is 4.83. The number of rotatable bonds is 8. The monoisotopic (exact) mass is 415 g/mol. The van der Waals surface area contributed by atoms with Gasteiger partial charge in [-0.1, -0.05) is 43.7 Å². The molecule has 0 spiro atoms. The number of carbonyl (C=O) groups is 1. The van der Waals surface area contributed by atoms with Gasteiger partial charge in [0.05, 0.1) is 21.2 Å². The molecule has 7 heteroatoms. The molecule has 0 saturated carbocycles. The molecule has 0 aliphatic heterocycles. The van der Waals surface area contributed by atoms with Crippen LogP contribution in [0.3, 0.4) is 0 Å². The van der Waals surface area contributed by atoms with Crippen molar-refractivity contribution in [3.05, 3.63) is 35.0 Å². The second-order valence-corrected chi connectivity index (χ2v) is 8.85. The fraction of sp³-hybridized carbons (Fsp3) is 0.300. The highest BCUT2D eigenvalue weighted by Gasteiger charge is 2.25. The van der Waals surface area contributed by atoms with Gasteiger partial charge < -0.3 is 10.3 Å². The molecule has 0 aromatic carbocycles. The van der Waals surface area contributed by atoms with E-state index >= 15 is 0 Å². The Morgan fingerprint density at radius 2 is 1.93 bits per heavy atom. The molecular formula is C20H21N3OS3. The Morgan fingerprint density at radius 1 is 1.26 bits per heavy atom. The van der Waals surface area contributed by atoms with Crippen LogP contribution in [0.2, 0.25) is 0 Å². The lowest BCUT2D eigenvalue weighted by Crippen LogP contribution is -2.47. The molecule has 0 fully saturated rings. The van der Waals surface area contributed by atoms with E-state index in [2.05, 4.69) is 28.4 Å². The Hall–Kier alpha value is -2.01.